The van der Waals surface area contributed by atoms with Gasteiger partial charge in [0.1, 0.15) is 5.75 Å². The monoisotopic (exact) mass is 439 g/mol. The van der Waals surface area contributed by atoms with Gasteiger partial charge in [-0.25, -0.2) is 0 Å². The molecule has 0 aliphatic carbocycles. The third kappa shape index (κ3) is 6.83. The average molecular weight is 440 g/mol. The standard InChI is InChI=1S/C23H22BrNO3/c24-21-10-12-22(13-11-21)28-17-23(26)25-14-18-6-8-20(9-7-18)16-27-15-19-4-2-1-3-5-19/h1-13H,14-17H2,(H,25,26). The van der Waals surface area contributed by atoms with Gasteiger partial charge in [-0.1, -0.05) is 70.5 Å². The molecular formula is C23H22BrNO3. The van der Waals surface area contributed by atoms with Crippen LogP contribution in [0.2, 0.25) is 0 Å². The van der Waals surface area contributed by atoms with Gasteiger partial charge in [-0.2, -0.15) is 0 Å². The van der Waals surface area contributed by atoms with Gasteiger partial charge in [-0.15, -0.1) is 0 Å². The molecule has 0 bridgehead atoms. The normalized spacial score (nSPS) is 10.5. The topological polar surface area (TPSA) is 47.6 Å². The fourth-order valence-electron chi connectivity index (χ4n) is 2.55. The Hall–Kier alpha value is -2.63. The molecular weight excluding hydrogens is 418 g/mol. The van der Waals surface area contributed by atoms with Crippen LogP contribution in [0.5, 0.6) is 5.75 Å². The molecule has 0 atom stereocenters. The van der Waals surface area contributed by atoms with Gasteiger partial charge in [0, 0.05) is 11.0 Å². The van der Waals surface area contributed by atoms with Crippen LogP contribution in [0.25, 0.3) is 0 Å². The summed E-state index contributed by atoms with van der Waals surface area (Å²) in [5.41, 5.74) is 3.29. The Balaban J connectivity index is 1.36. The first-order valence-corrected chi connectivity index (χ1v) is 9.83. The maximum atomic E-state index is 11.9. The molecule has 0 fully saturated rings. The third-order valence-electron chi connectivity index (χ3n) is 4.08. The highest BCUT2D eigenvalue weighted by Crippen LogP contribution is 2.16. The fraction of sp³-hybridized carbons (Fsp3) is 0.174. The zero-order valence-electron chi connectivity index (χ0n) is 15.4. The van der Waals surface area contributed by atoms with Gasteiger partial charge in [0.25, 0.3) is 5.91 Å². The second kappa shape index (κ2) is 10.6. The summed E-state index contributed by atoms with van der Waals surface area (Å²) in [6, 6.07) is 25.5. The number of amides is 1. The molecule has 1 amide bonds. The lowest BCUT2D eigenvalue weighted by Crippen LogP contribution is -2.28. The highest BCUT2D eigenvalue weighted by atomic mass is 79.9. The molecule has 0 saturated carbocycles. The van der Waals surface area contributed by atoms with E-state index in [0.29, 0.717) is 25.5 Å². The highest BCUT2D eigenvalue weighted by molar-refractivity contribution is 9.10. The van der Waals surface area contributed by atoms with E-state index in [1.165, 1.54) is 0 Å². The predicted octanol–water partition coefficient (Wildman–Crippen LogP) is 4.86. The molecule has 3 aromatic carbocycles. The third-order valence-corrected chi connectivity index (χ3v) is 4.61. The molecule has 0 unspecified atom stereocenters. The van der Waals surface area contributed by atoms with Crippen molar-refractivity contribution in [2.75, 3.05) is 6.61 Å². The molecule has 0 aliphatic rings. The molecule has 28 heavy (non-hydrogen) atoms. The number of carbonyl (C=O) groups excluding carboxylic acids is 1. The van der Waals surface area contributed by atoms with Crippen LogP contribution in [-0.4, -0.2) is 12.5 Å². The molecule has 1 N–H and O–H groups in total. The van der Waals surface area contributed by atoms with Gasteiger partial charge >= 0.3 is 0 Å². The number of nitrogens with one attached hydrogen (secondary N) is 1. The molecule has 0 spiro atoms. The maximum Gasteiger partial charge on any atom is 0.258 e. The van der Waals surface area contributed by atoms with Gasteiger partial charge in [-0.3, -0.25) is 4.79 Å². The number of ether oxygens (including phenoxy) is 2. The van der Waals surface area contributed by atoms with E-state index < -0.39 is 0 Å². The predicted molar refractivity (Wildman–Crippen MR) is 113 cm³/mol. The average Bonchev–Trinajstić information content (AvgIpc) is 2.73. The lowest BCUT2D eigenvalue weighted by molar-refractivity contribution is -0.123. The Morgan fingerprint density at radius 3 is 2.07 bits per heavy atom. The fourth-order valence-corrected chi connectivity index (χ4v) is 2.81. The largest absolute Gasteiger partial charge is 0.484 e. The SMILES string of the molecule is O=C(COc1ccc(Br)cc1)NCc1ccc(COCc2ccccc2)cc1. The summed E-state index contributed by atoms with van der Waals surface area (Å²) in [7, 11) is 0. The van der Waals surface area contributed by atoms with E-state index in [1.807, 2.05) is 78.9 Å². The van der Waals surface area contributed by atoms with Crippen molar-refractivity contribution in [3.63, 3.8) is 0 Å². The van der Waals surface area contributed by atoms with Crippen LogP contribution in [0.15, 0.2) is 83.3 Å². The van der Waals surface area contributed by atoms with Crippen molar-refractivity contribution in [2.24, 2.45) is 0 Å². The molecule has 5 heteroatoms. The highest BCUT2D eigenvalue weighted by Gasteiger charge is 2.03. The van der Waals surface area contributed by atoms with Crippen molar-refractivity contribution < 1.29 is 14.3 Å². The zero-order valence-corrected chi connectivity index (χ0v) is 17.0. The molecule has 0 radical (unpaired) electrons. The molecule has 0 aliphatic heterocycles. The second-order valence-electron chi connectivity index (χ2n) is 6.31. The van der Waals surface area contributed by atoms with Crippen LogP contribution >= 0.6 is 15.9 Å². The summed E-state index contributed by atoms with van der Waals surface area (Å²) < 4.78 is 12.2. The van der Waals surface area contributed by atoms with Crippen LogP contribution < -0.4 is 10.1 Å². The quantitative estimate of drug-likeness (QED) is 0.517. The first kappa shape index (κ1) is 20.1. The molecule has 0 aromatic heterocycles. The summed E-state index contributed by atoms with van der Waals surface area (Å²) in [4.78, 5) is 11.9. The van der Waals surface area contributed by atoms with Crippen molar-refractivity contribution in [1.29, 1.82) is 0 Å². The summed E-state index contributed by atoms with van der Waals surface area (Å²) in [5, 5.41) is 2.86. The minimum absolute atomic E-state index is 0.00690. The van der Waals surface area contributed by atoms with Crippen molar-refractivity contribution in [1.82, 2.24) is 5.32 Å². The lowest BCUT2D eigenvalue weighted by atomic mass is 10.1. The van der Waals surface area contributed by atoms with Gasteiger partial charge in [0.05, 0.1) is 13.2 Å². The van der Waals surface area contributed by atoms with Crippen LogP contribution in [0.3, 0.4) is 0 Å². The van der Waals surface area contributed by atoms with Gasteiger partial charge in [0.2, 0.25) is 0 Å². The molecule has 3 aromatic rings. The van der Waals surface area contributed by atoms with E-state index in [9.17, 15) is 4.79 Å². The molecule has 0 saturated heterocycles. The molecule has 3 rings (SSSR count). The minimum Gasteiger partial charge on any atom is -0.484 e. The Labute approximate surface area is 173 Å². The number of hydrogen-bond donors (Lipinski definition) is 1. The van der Waals surface area contributed by atoms with Gasteiger partial charge in [0.15, 0.2) is 6.61 Å². The van der Waals surface area contributed by atoms with Crippen molar-refractivity contribution in [3.05, 3.63) is 100 Å². The maximum absolute atomic E-state index is 11.9. The summed E-state index contributed by atoms with van der Waals surface area (Å²) >= 11 is 3.36. The lowest BCUT2D eigenvalue weighted by Gasteiger charge is -2.09. The van der Waals surface area contributed by atoms with Crippen LogP contribution in [-0.2, 0) is 29.3 Å². The van der Waals surface area contributed by atoms with Crippen LogP contribution in [0, 0.1) is 0 Å². The van der Waals surface area contributed by atoms with E-state index in [4.69, 9.17) is 9.47 Å². The number of hydrogen-bond acceptors (Lipinski definition) is 3. The van der Waals surface area contributed by atoms with Crippen molar-refractivity contribution in [3.8, 4) is 5.75 Å². The van der Waals surface area contributed by atoms with E-state index in [0.717, 1.165) is 21.2 Å². The summed E-state index contributed by atoms with van der Waals surface area (Å²) in [6.45, 7) is 1.61. The minimum atomic E-state index is -0.154. The Bertz CT molecular complexity index is 865. The van der Waals surface area contributed by atoms with Gasteiger partial charge < -0.3 is 14.8 Å². The molecule has 0 heterocycles. The molecule has 144 valence electrons. The van der Waals surface area contributed by atoms with Crippen molar-refractivity contribution >= 4 is 21.8 Å². The van der Waals surface area contributed by atoms with Crippen LogP contribution in [0.4, 0.5) is 0 Å². The zero-order chi connectivity index (χ0) is 19.6. The van der Waals surface area contributed by atoms with E-state index in [1.54, 1.807) is 0 Å². The summed E-state index contributed by atoms with van der Waals surface area (Å²) in [6.07, 6.45) is 0. The Morgan fingerprint density at radius 2 is 1.39 bits per heavy atom. The van der Waals surface area contributed by atoms with E-state index >= 15 is 0 Å². The number of benzene rings is 3. The van der Waals surface area contributed by atoms with E-state index in [-0.39, 0.29) is 12.5 Å². The number of carbonyl (C=O) groups is 1. The van der Waals surface area contributed by atoms with E-state index in [2.05, 4.69) is 21.2 Å². The smallest absolute Gasteiger partial charge is 0.258 e. The first-order valence-electron chi connectivity index (χ1n) is 9.03. The Kier molecular flexibility index (Phi) is 7.64. The first-order chi connectivity index (χ1) is 13.7. The Morgan fingerprint density at radius 1 is 0.786 bits per heavy atom. The second-order valence-corrected chi connectivity index (χ2v) is 7.23. The summed E-state index contributed by atoms with van der Waals surface area (Å²) in [5.74, 6) is 0.511. The van der Waals surface area contributed by atoms with Gasteiger partial charge in [-0.05, 0) is 41.0 Å². The molecule has 4 nitrogen and oxygen atoms in total. The number of halogens is 1. The van der Waals surface area contributed by atoms with Crippen molar-refractivity contribution in [2.45, 2.75) is 19.8 Å². The number of rotatable bonds is 9. The van der Waals surface area contributed by atoms with Crippen LogP contribution in [0.1, 0.15) is 16.7 Å².